The highest BCUT2D eigenvalue weighted by atomic mass is 16.1. The first kappa shape index (κ1) is 20.3. The summed E-state index contributed by atoms with van der Waals surface area (Å²) in [6, 6.07) is 17.3. The van der Waals surface area contributed by atoms with Crippen LogP contribution in [0.2, 0.25) is 0 Å². The molecule has 0 saturated heterocycles. The molecule has 0 fully saturated rings. The van der Waals surface area contributed by atoms with E-state index in [-0.39, 0.29) is 11.3 Å². The third-order valence-corrected chi connectivity index (χ3v) is 4.51. The molecule has 3 rings (SSSR count). The number of carbonyl (C=O) groups excluding carboxylic acids is 1. The van der Waals surface area contributed by atoms with Gasteiger partial charge in [0.2, 0.25) is 5.95 Å². The van der Waals surface area contributed by atoms with Gasteiger partial charge in [0.05, 0.1) is 0 Å². The molecule has 6 heteroatoms. The van der Waals surface area contributed by atoms with Gasteiger partial charge < -0.3 is 15.5 Å². The molecule has 3 aromatic rings. The topological polar surface area (TPSA) is 70.2 Å². The zero-order valence-corrected chi connectivity index (χ0v) is 17.5. The number of aromatic nitrogens is 2. The zero-order valence-electron chi connectivity index (χ0n) is 17.5. The summed E-state index contributed by atoms with van der Waals surface area (Å²) in [4.78, 5) is 23.3. The van der Waals surface area contributed by atoms with Gasteiger partial charge in [0, 0.05) is 37.4 Å². The van der Waals surface area contributed by atoms with Crippen molar-refractivity contribution in [1.29, 1.82) is 0 Å². The van der Waals surface area contributed by atoms with Crippen molar-refractivity contribution in [2.45, 2.75) is 26.2 Å². The summed E-state index contributed by atoms with van der Waals surface area (Å²) in [5, 5.41) is 6.13. The number of hydrogen-bond acceptors (Lipinski definition) is 5. The van der Waals surface area contributed by atoms with Crippen LogP contribution in [-0.4, -0.2) is 30.0 Å². The molecular weight excluding hydrogens is 362 g/mol. The highest BCUT2D eigenvalue weighted by Crippen LogP contribution is 2.30. The quantitative estimate of drug-likeness (QED) is 0.654. The maximum absolute atomic E-state index is 12.6. The Morgan fingerprint density at radius 1 is 0.966 bits per heavy atom. The number of para-hydroxylation sites is 1. The molecule has 6 nitrogen and oxygen atoms in total. The first-order valence-electron chi connectivity index (χ1n) is 9.52. The standard InChI is InChI=1S/C23H27N5O/c1-23(2,3)18-8-6-7-9-19(18)26-22-24-15-14-20(27-22)21(29)25-16-10-12-17(13-11-16)28(4)5/h6-15H,1-5H3,(H,25,29)(H,24,26,27). The minimum absolute atomic E-state index is 0.0305. The normalized spacial score (nSPS) is 11.1. The van der Waals surface area contributed by atoms with Gasteiger partial charge in [-0.15, -0.1) is 0 Å². The summed E-state index contributed by atoms with van der Waals surface area (Å²) < 4.78 is 0. The van der Waals surface area contributed by atoms with Crippen molar-refractivity contribution in [2.75, 3.05) is 29.6 Å². The molecule has 1 heterocycles. The number of hydrogen-bond donors (Lipinski definition) is 2. The van der Waals surface area contributed by atoms with Crippen LogP contribution in [0.25, 0.3) is 0 Å². The smallest absolute Gasteiger partial charge is 0.274 e. The SMILES string of the molecule is CN(C)c1ccc(NC(=O)c2ccnc(Nc3ccccc3C(C)(C)C)n2)cc1. The second-order valence-electron chi connectivity index (χ2n) is 8.08. The van der Waals surface area contributed by atoms with Gasteiger partial charge in [-0.05, 0) is 47.4 Å². The average Bonchev–Trinajstić information content (AvgIpc) is 2.68. The maximum Gasteiger partial charge on any atom is 0.274 e. The van der Waals surface area contributed by atoms with Gasteiger partial charge in [-0.25, -0.2) is 9.97 Å². The number of nitrogens with one attached hydrogen (secondary N) is 2. The molecule has 1 aromatic heterocycles. The molecule has 0 saturated carbocycles. The Bertz CT molecular complexity index is 991. The van der Waals surface area contributed by atoms with Gasteiger partial charge >= 0.3 is 0 Å². The third kappa shape index (κ3) is 5.10. The van der Waals surface area contributed by atoms with E-state index in [0.29, 0.717) is 17.3 Å². The molecule has 0 aliphatic carbocycles. The van der Waals surface area contributed by atoms with Gasteiger partial charge in [0.1, 0.15) is 5.69 Å². The van der Waals surface area contributed by atoms with Crippen LogP contribution < -0.4 is 15.5 Å². The minimum Gasteiger partial charge on any atom is -0.378 e. The van der Waals surface area contributed by atoms with Crippen molar-refractivity contribution in [3.8, 4) is 0 Å². The van der Waals surface area contributed by atoms with E-state index >= 15 is 0 Å². The Hall–Kier alpha value is -3.41. The molecule has 0 atom stereocenters. The molecule has 2 N–H and O–H groups in total. The summed E-state index contributed by atoms with van der Waals surface area (Å²) in [6.45, 7) is 6.46. The predicted molar refractivity (Wildman–Crippen MR) is 119 cm³/mol. The monoisotopic (exact) mass is 389 g/mol. The van der Waals surface area contributed by atoms with Crippen molar-refractivity contribution in [3.63, 3.8) is 0 Å². The van der Waals surface area contributed by atoms with Crippen molar-refractivity contribution >= 4 is 28.9 Å². The van der Waals surface area contributed by atoms with Gasteiger partial charge in [0.15, 0.2) is 0 Å². The summed E-state index contributed by atoms with van der Waals surface area (Å²) in [7, 11) is 3.95. The molecule has 150 valence electrons. The Balaban J connectivity index is 1.77. The van der Waals surface area contributed by atoms with Crippen LogP contribution in [0.5, 0.6) is 0 Å². The fraction of sp³-hybridized carbons (Fsp3) is 0.261. The number of amides is 1. The van der Waals surface area contributed by atoms with E-state index in [9.17, 15) is 4.79 Å². The molecule has 2 aromatic carbocycles. The lowest BCUT2D eigenvalue weighted by atomic mass is 9.86. The van der Waals surface area contributed by atoms with Crippen LogP contribution in [0, 0.1) is 0 Å². The Morgan fingerprint density at radius 2 is 1.66 bits per heavy atom. The van der Waals surface area contributed by atoms with E-state index in [1.54, 1.807) is 12.3 Å². The van der Waals surface area contributed by atoms with E-state index in [0.717, 1.165) is 16.9 Å². The highest BCUT2D eigenvalue weighted by Gasteiger charge is 2.18. The molecule has 1 amide bonds. The zero-order chi connectivity index (χ0) is 21.0. The summed E-state index contributed by atoms with van der Waals surface area (Å²) in [6.07, 6.45) is 1.58. The lowest BCUT2D eigenvalue weighted by Gasteiger charge is -2.23. The molecule has 0 bridgehead atoms. The van der Waals surface area contributed by atoms with E-state index in [1.807, 2.05) is 61.5 Å². The fourth-order valence-electron chi connectivity index (χ4n) is 2.95. The minimum atomic E-state index is -0.280. The predicted octanol–water partition coefficient (Wildman–Crippen LogP) is 4.84. The van der Waals surface area contributed by atoms with Crippen LogP contribution in [0.3, 0.4) is 0 Å². The number of anilines is 4. The van der Waals surface area contributed by atoms with Gasteiger partial charge in [0.25, 0.3) is 5.91 Å². The van der Waals surface area contributed by atoms with E-state index in [2.05, 4.69) is 47.4 Å². The van der Waals surface area contributed by atoms with Crippen LogP contribution in [0.4, 0.5) is 23.0 Å². The highest BCUT2D eigenvalue weighted by molar-refractivity contribution is 6.03. The first-order valence-corrected chi connectivity index (χ1v) is 9.52. The Morgan fingerprint density at radius 3 is 2.31 bits per heavy atom. The Labute approximate surface area is 172 Å². The lowest BCUT2D eigenvalue weighted by Crippen LogP contribution is -2.16. The van der Waals surface area contributed by atoms with Crippen LogP contribution >= 0.6 is 0 Å². The molecule has 0 aliphatic rings. The molecule has 0 spiro atoms. The lowest BCUT2D eigenvalue weighted by molar-refractivity contribution is 0.102. The average molecular weight is 390 g/mol. The number of nitrogens with zero attached hydrogens (tertiary/aromatic N) is 3. The third-order valence-electron chi connectivity index (χ3n) is 4.51. The van der Waals surface area contributed by atoms with E-state index in [4.69, 9.17) is 0 Å². The van der Waals surface area contributed by atoms with E-state index in [1.165, 1.54) is 0 Å². The Kier molecular flexibility index (Phi) is 5.82. The van der Waals surface area contributed by atoms with Crippen LogP contribution in [0.1, 0.15) is 36.8 Å². The van der Waals surface area contributed by atoms with Crippen molar-refractivity contribution < 1.29 is 4.79 Å². The van der Waals surface area contributed by atoms with Crippen LogP contribution in [-0.2, 0) is 5.41 Å². The molecule has 0 radical (unpaired) electrons. The van der Waals surface area contributed by atoms with Gasteiger partial charge in [-0.1, -0.05) is 39.0 Å². The van der Waals surface area contributed by atoms with Crippen molar-refractivity contribution in [3.05, 3.63) is 72.1 Å². The molecule has 29 heavy (non-hydrogen) atoms. The number of carbonyl (C=O) groups is 1. The summed E-state index contributed by atoms with van der Waals surface area (Å²) >= 11 is 0. The van der Waals surface area contributed by atoms with Crippen molar-refractivity contribution in [2.24, 2.45) is 0 Å². The van der Waals surface area contributed by atoms with E-state index < -0.39 is 0 Å². The summed E-state index contributed by atoms with van der Waals surface area (Å²) in [5.41, 5.74) is 4.13. The summed E-state index contributed by atoms with van der Waals surface area (Å²) in [5.74, 6) is 0.106. The maximum atomic E-state index is 12.6. The molecular formula is C23H27N5O. The first-order chi connectivity index (χ1) is 13.7. The number of rotatable bonds is 5. The fourth-order valence-corrected chi connectivity index (χ4v) is 2.95. The van der Waals surface area contributed by atoms with Crippen LogP contribution in [0.15, 0.2) is 60.8 Å². The second kappa shape index (κ2) is 8.31. The van der Waals surface area contributed by atoms with Gasteiger partial charge in [-0.3, -0.25) is 4.79 Å². The number of benzene rings is 2. The van der Waals surface area contributed by atoms with Crippen molar-refractivity contribution in [1.82, 2.24) is 9.97 Å². The molecule has 0 aliphatic heterocycles. The molecule has 0 unspecified atom stereocenters. The second-order valence-corrected chi connectivity index (χ2v) is 8.08. The largest absolute Gasteiger partial charge is 0.378 e. The van der Waals surface area contributed by atoms with Gasteiger partial charge in [-0.2, -0.15) is 0 Å².